The maximum Gasteiger partial charge on any atom is 0.0175 e. The van der Waals surface area contributed by atoms with Crippen LogP contribution in [0.15, 0.2) is 28.7 Å². The van der Waals surface area contributed by atoms with Gasteiger partial charge < -0.3 is 10.6 Å². The van der Waals surface area contributed by atoms with Crippen molar-refractivity contribution in [3.8, 4) is 0 Å². The zero-order valence-electron chi connectivity index (χ0n) is 12.0. The number of hydrogen-bond acceptors (Lipinski definition) is 2. The zero-order chi connectivity index (χ0) is 13.7. The molecule has 1 aromatic carbocycles. The van der Waals surface area contributed by atoms with Gasteiger partial charge in [0.2, 0.25) is 0 Å². The molecular formula is C16H25BrN2. The van der Waals surface area contributed by atoms with Gasteiger partial charge in [-0.3, -0.25) is 0 Å². The van der Waals surface area contributed by atoms with Crippen LogP contribution < -0.4 is 10.6 Å². The molecule has 2 rings (SSSR count). The van der Waals surface area contributed by atoms with Crippen LogP contribution in [0.25, 0.3) is 0 Å². The van der Waals surface area contributed by atoms with E-state index in [9.17, 15) is 0 Å². The molecule has 0 saturated carbocycles. The van der Waals surface area contributed by atoms with Crippen molar-refractivity contribution in [3.63, 3.8) is 0 Å². The smallest absolute Gasteiger partial charge is 0.0175 e. The Kier molecular flexibility index (Phi) is 5.43. The summed E-state index contributed by atoms with van der Waals surface area (Å²) in [5.41, 5.74) is 1.58. The van der Waals surface area contributed by atoms with E-state index in [-0.39, 0.29) is 5.41 Å². The van der Waals surface area contributed by atoms with Gasteiger partial charge in [-0.1, -0.05) is 41.9 Å². The van der Waals surface area contributed by atoms with Crippen LogP contribution in [0.1, 0.15) is 32.3 Å². The van der Waals surface area contributed by atoms with Gasteiger partial charge in [0.25, 0.3) is 0 Å². The van der Waals surface area contributed by atoms with Crippen LogP contribution in [0.5, 0.6) is 0 Å². The van der Waals surface area contributed by atoms with E-state index in [1.807, 2.05) is 0 Å². The molecule has 1 aliphatic heterocycles. The lowest BCUT2D eigenvalue weighted by atomic mass is 9.84. The molecule has 0 aliphatic carbocycles. The van der Waals surface area contributed by atoms with Gasteiger partial charge in [0.05, 0.1) is 0 Å². The highest BCUT2D eigenvalue weighted by atomic mass is 79.9. The second-order valence-corrected chi connectivity index (χ2v) is 7.13. The molecule has 0 radical (unpaired) electrons. The van der Waals surface area contributed by atoms with Crippen LogP contribution >= 0.6 is 15.9 Å². The molecule has 1 heterocycles. The first-order chi connectivity index (χ1) is 9.08. The molecule has 1 saturated heterocycles. The quantitative estimate of drug-likeness (QED) is 0.784. The molecule has 19 heavy (non-hydrogen) atoms. The average Bonchev–Trinajstić information content (AvgIpc) is 2.88. The third kappa shape index (κ3) is 4.59. The maximum absolute atomic E-state index is 3.63. The molecule has 0 amide bonds. The molecule has 106 valence electrons. The lowest BCUT2D eigenvalue weighted by Crippen LogP contribution is -2.34. The van der Waals surface area contributed by atoms with Crippen molar-refractivity contribution in [3.05, 3.63) is 34.3 Å². The lowest BCUT2D eigenvalue weighted by molar-refractivity contribution is 0.437. The van der Waals surface area contributed by atoms with Crippen LogP contribution in [0, 0.1) is 5.92 Å². The van der Waals surface area contributed by atoms with Gasteiger partial charge in [-0.25, -0.2) is 0 Å². The van der Waals surface area contributed by atoms with E-state index in [4.69, 9.17) is 0 Å². The highest BCUT2D eigenvalue weighted by molar-refractivity contribution is 9.10. The maximum atomic E-state index is 3.63. The number of halogens is 1. The first-order valence-electron chi connectivity index (χ1n) is 7.25. The van der Waals surface area contributed by atoms with Crippen molar-refractivity contribution >= 4 is 15.9 Å². The van der Waals surface area contributed by atoms with Crippen LogP contribution in [0.4, 0.5) is 0 Å². The van der Waals surface area contributed by atoms with Gasteiger partial charge in [0, 0.05) is 16.4 Å². The van der Waals surface area contributed by atoms with Gasteiger partial charge in [-0.15, -0.1) is 0 Å². The standard InChI is InChI=1S/C16H25BrN2/c1-16(2,14-3-5-15(17)6-4-14)12-19-10-8-13-7-9-18-11-13/h3-6,13,18-19H,7-12H2,1-2H3. The molecule has 3 heteroatoms. The summed E-state index contributed by atoms with van der Waals surface area (Å²) in [6.45, 7) is 9.19. The molecular weight excluding hydrogens is 300 g/mol. The molecule has 2 N–H and O–H groups in total. The number of nitrogens with one attached hydrogen (secondary N) is 2. The molecule has 1 aromatic rings. The average molecular weight is 325 g/mol. The van der Waals surface area contributed by atoms with Crippen LogP contribution in [-0.4, -0.2) is 26.2 Å². The van der Waals surface area contributed by atoms with E-state index < -0.39 is 0 Å². The molecule has 1 aliphatic rings. The van der Waals surface area contributed by atoms with E-state index in [1.54, 1.807) is 0 Å². The summed E-state index contributed by atoms with van der Waals surface area (Å²) in [5, 5.41) is 7.05. The van der Waals surface area contributed by atoms with E-state index in [0.717, 1.165) is 23.5 Å². The Hall–Kier alpha value is -0.380. The Balaban J connectivity index is 1.75. The van der Waals surface area contributed by atoms with Crippen LogP contribution in [-0.2, 0) is 5.41 Å². The Bertz CT molecular complexity index is 380. The number of benzene rings is 1. The molecule has 1 unspecified atom stereocenters. The van der Waals surface area contributed by atoms with E-state index in [1.165, 1.54) is 31.5 Å². The van der Waals surface area contributed by atoms with Gasteiger partial charge in [-0.05, 0) is 56.1 Å². The molecule has 2 nitrogen and oxygen atoms in total. The fourth-order valence-electron chi connectivity index (χ4n) is 2.67. The van der Waals surface area contributed by atoms with E-state index in [2.05, 4.69) is 64.7 Å². The zero-order valence-corrected chi connectivity index (χ0v) is 13.6. The molecule has 1 fully saturated rings. The first-order valence-corrected chi connectivity index (χ1v) is 8.05. The monoisotopic (exact) mass is 324 g/mol. The predicted molar refractivity (Wildman–Crippen MR) is 85.6 cm³/mol. The highest BCUT2D eigenvalue weighted by Crippen LogP contribution is 2.24. The summed E-state index contributed by atoms with van der Waals surface area (Å²) in [6, 6.07) is 8.68. The summed E-state index contributed by atoms with van der Waals surface area (Å²) < 4.78 is 1.15. The van der Waals surface area contributed by atoms with E-state index >= 15 is 0 Å². The minimum Gasteiger partial charge on any atom is -0.316 e. The van der Waals surface area contributed by atoms with E-state index in [0.29, 0.717) is 0 Å². The summed E-state index contributed by atoms with van der Waals surface area (Å²) in [6.07, 6.45) is 2.64. The lowest BCUT2D eigenvalue weighted by Gasteiger charge is -2.26. The van der Waals surface area contributed by atoms with Crippen molar-refractivity contribution in [1.29, 1.82) is 0 Å². The minimum absolute atomic E-state index is 0.189. The molecule has 1 atom stereocenters. The van der Waals surface area contributed by atoms with Crippen molar-refractivity contribution in [1.82, 2.24) is 10.6 Å². The Morgan fingerprint density at radius 3 is 2.68 bits per heavy atom. The summed E-state index contributed by atoms with van der Waals surface area (Å²) in [5.74, 6) is 0.878. The minimum atomic E-state index is 0.189. The summed E-state index contributed by atoms with van der Waals surface area (Å²) in [4.78, 5) is 0. The van der Waals surface area contributed by atoms with Gasteiger partial charge in [0.15, 0.2) is 0 Å². The Morgan fingerprint density at radius 2 is 2.05 bits per heavy atom. The van der Waals surface area contributed by atoms with Crippen molar-refractivity contribution in [2.45, 2.75) is 32.1 Å². The highest BCUT2D eigenvalue weighted by Gasteiger charge is 2.20. The molecule has 0 aromatic heterocycles. The number of hydrogen-bond donors (Lipinski definition) is 2. The normalized spacial score (nSPS) is 19.8. The Morgan fingerprint density at radius 1 is 1.32 bits per heavy atom. The van der Waals surface area contributed by atoms with Crippen molar-refractivity contribution < 1.29 is 0 Å². The van der Waals surface area contributed by atoms with Gasteiger partial charge in [0.1, 0.15) is 0 Å². The summed E-state index contributed by atoms with van der Waals surface area (Å²) >= 11 is 3.49. The molecule has 0 spiro atoms. The topological polar surface area (TPSA) is 24.1 Å². The van der Waals surface area contributed by atoms with Crippen LogP contribution in [0.2, 0.25) is 0 Å². The first kappa shape index (κ1) is 15.0. The van der Waals surface area contributed by atoms with Gasteiger partial charge >= 0.3 is 0 Å². The fourth-order valence-corrected chi connectivity index (χ4v) is 2.94. The second kappa shape index (κ2) is 6.87. The Labute approximate surface area is 125 Å². The predicted octanol–water partition coefficient (Wildman–Crippen LogP) is 3.32. The van der Waals surface area contributed by atoms with Crippen molar-refractivity contribution in [2.75, 3.05) is 26.2 Å². The summed E-state index contributed by atoms with van der Waals surface area (Å²) in [7, 11) is 0. The van der Waals surface area contributed by atoms with Gasteiger partial charge in [-0.2, -0.15) is 0 Å². The van der Waals surface area contributed by atoms with Crippen LogP contribution in [0.3, 0.4) is 0 Å². The third-order valence-corrected chi connectivity index (χ3v) is 4.61. The van der Waals surface area contributed by atoms with Crippen molar-refractivity contribution in [2.24, 2.45) is 5.92 Å². The largest absolute Gasteiger partial charge is 0.316 e. The third-order valence-electron chi connectivity index (χ3n) is 4.08. The SMILES string of the molecule is CC(C)(CNCCC1CCNC1)c1ccc(Br)cc1. The number of rotatable bonds is 6. The second-order valence-electron chi connectivity index (χ2n) is 6.22. The fraction of sp³-hybridized carbons (Fsp3) is 0.625. The molecule has 0 bridgehead atoms.